The first-order valence-electron chi connectivity index (χ1n) is 33.2. The number of rotatable bonds is 15. The molecule has 0 amide bonds. The van der Waals surface area contributed by atoms with Crippen LogP contribution in [0.25, 0.3) is 0 Å². The number of hydrogen-bond acceptors (Lipinski definition) is 0. The zero-order chi connectivity index (χ0) is 64.8. The van der Waals surface area contributed by atoms with Gasteiger partial charge in [-0.15, -0.1) is 0 Å². The molecule has 0 saturated carbocycles. The molecular formula is C84H132. The van der Waals surface area contributed by atoms with Crippen LogP contribution in [0.5, 0.6) is 0 Å². The lowest BCUT2D eigenvalue weighted by Crippen LogP contribution is -2.23. The van der Waals surface area contributed by atoms with Crippen molar-refractivity contribution < 1.29 is 0 Å². The molecule has 468 valence electrons. The van der Waals surface area contributed by atoms with Gasteiger partial charge in [0.1, 0.15) is 0 Å². The summed E-state index contributed by atoms with van der Waals surface area (Å²) in [7, 11) is 0. The van der Waals surface area contributed by atoms with Crippen molar-refractivity contribution in [3.63, 3.8) is 0 Å². The van der Waals surface area contributed by atoms with E-state index in [0.717, 1.165) is 19.3 Å². The molecule has 0 heterocycles. The molecular weight excluding hydrogens is 1010 g/mol. The fourth-order valence-corrected chi connectivity index (χ4v) is 9.65. The molecule has 0 saturated heterocycles. The van der Waals surface area contributed by atoms with Crippen LogP contribution in [0.2, 0.25) is 0 Å². The Morgan fingerprint density at radius 3 is 0.917 bits per heavy atom. The molecule has 6 aromatic rings. The Morgan fingerprint density at radius 2 is 0.536 bits per heavy atom. The van der Waals surface area contributed by atoms with E-state index in [9.17, 15) is 0 Å². The molecule has 6 rings (SSSR count). The number of benzene rings is 6. The van der Waals surface area contributed by atoms with Crippen molar-refractivity contribution in [2.45, 2.75) is 314 Å². The van der Waals surface area contributed by atoms with E-state index in [0.29, 0.717) is 27.1 Å². The van der Waals surface area contributed by atoms with Crippen molar-refractivity contribution in [3.05, 3.63) is 212 Å². The van der Waals surface area contributed by atoms with Gasteiger partial charge in [-0.3, -0.25) is 0 Å². The summed E-state index contributed by atoms with van der Waals surface area (Å²) >= 11 is 0. The predicted molar refractivity (Wildman–Crippen MR) is 383 cm³/mol. The topological polar surface area (TPSA) is 0 Å². The number of hydrogen-bond donors (Lipinski definition) is 0. The second-order valence-corrected chi connectivity index (χ2v) is 31.0. The van der Waals surface area contributed by atoms with Gasteiger partial charge in [0, 0.05) is 0 Å². The zero-order valence-corrected chi connectivity index (χ0v) is 60.7. The molecule has 0 nitrogen and oxygen atoms in total. The standard InChI is InChI=1S/3C15H24.3C13H20/c1-7-15(5,6)13-10-8-12(9-11-13)14(2,3)4;1-7-15(5,6)13-10-8-9-12(11-13)14(2,3)4;1-7-15(5,6)13-11-9-8-10-12(13)14(2,3)4;1-5-11-7-9-12(10-8-11)13(3,4)6-2;1-5-11-8-7-9-12(10-11)13(3,4)6-2;1-5-11-9-7-8-10-12(11)13(3,4)6-2/h3*8-11H,7H2,1-6H3;3*7-10H,5-6H2,1-4H3. The van der Waals surface area contributed by atoms with Crippen molar-refractivity contribution in [2.24, 2.45) is 0 Å². The van der Waals surface area contributed by atoms with Crippen LogP contribution < -0.4 is 0 Å². The van der Waals surface area contributed by atoms with Crippen molar-refractivity contribution in [1.29, 1.82) is 0 Å². The lowest BCUT2D eigenvalue weighted by molar-refractivity contribution is 0.479. The van der Waals surface area contributed by atoms with Crippen LogP contribution in [0.3, 0.4) is 0 Å². The molecule has 0 N–H and O–H groups in total. The molecule has 0 aromatic heterocycles. The van der Waals surface area contributed by atoms with Gasteiger partial charge in [0.25, 0.3) is 0 Å². The van der Waals surface area contributed by atoms with Crippen molar-refractivity contribution in [1.82, 2.24) is 0 Å². The lowest BCUT2D eigenvalue weighted by atomic mass is 9.73. The quantitative estimate of drug-likeness (QED) is 0.0961. The largest absolute Gasteiger partial charge is 0.0646 e. The molecule has 0 radical (unpaired) electrons. The molecule has 6 aromatic carbocycles. The van der Waals surface area contributed by atoms with Gasteiger partial charge in [0.15, 0.2) is 0 Å². The minimum absolute atomic E-state index is 0.239. The van der Waals surface area contributed by atoms with Gasteiger partial charge >= 0.3 is 0 Å². The van der Waals surface area contributed by atoms with Crippen molar-refractivity contribution in [3.8, 4) is 0 Å². The molecule has 0 aliphatic heterocycles. The fourth-order valence-electron chi connectivity index (χ4n) is 9.65. The van der Waals surface area contributed by atoms with E-state index >= 15 is 0 Å². The third-order valence-corrected chi connectivity index (χ3v) is 19.2. The van der Waals surface area contributed by atoms with E-state index in [2.05, 4.69) is 353 Å². The molecule has 0 atom stereocenters. The highest BCUT2D eigenvalue weighted by Gasteiger charge is 2.27. The van der Waals surface area contributed by atoms with Gasteiger partial charge in [0.05, 0.1) is 0 Å². The Labute approximate surface area is 523 Å². The third-order valence-electron chi connectivity index (χ3n) is 19.2. The normalized spacial score (nSPS) is 12.4. The van der Waals surface area contributed by atoms with E-state index in [-0.39, 0.29) is 21.7 Å². The minimum atomic E-state index is 0.239. The summed E-state index contributed by atoms with van der Waals surface area (Å²) in [6, 6.07) is 53.7. The maximum Gasteiger partial charge on any atom is -0.0103 e. The van der Waals surface area contributed by atoms with Crippen LogP contribution >= 0.6 is 0 Å². The molecule has 0 spiro atoms. The van der Waals surface area contributed by atoms with Gasteiger partial charge in [-0.25, -0.2) is 0 Å². The summed E-state index contributed by atoms with van der Waals surface area (Å²) in [6.45, 7) is 68.3. The average Bonchev–Trinajstić information content (AvgIpc) is 3.29. The Balaban J connectivity index is 0.000000505. The monoisotopic (exact) mass is 1140 g/mol. The summed E-state index contributed by atoms with van der Waals surface area (Å²) in [5.41, 5.74) is 20.1. The predicted octanol–water partition coefficient (Wildman–Crippen LogP) is 25.8. The molecule has 0 heteroatoms. The van der Waals surface area contributed by atoms with Gasteiger partial charge in [-0.05, 0) is 173 Å². The molecule has 0 unspecified atom stereocenters. The highest BCUT2D eigenvalue weighted by molar-refractivity contribution is 5.39. The SMILES string of the molecule is CCC(C)(C)c1ccc(C(C)(C)C)cc1.CCC(C)(C)c1cccc(C(C)(C)C)c1.CCC(C)(C)c1ccccc1C(C)(C)C.CCc1ccc(C(C)(C)CC)cc1.CCc1cccc(C(C)(C)CC)c1.CCc1ccccc1C(C)(C)CC. The smallest absolute Gasteiger partial charge is 0.0103 e. The Bertz CT molecular complexity index is 2760. The third kappa shape index (κ3) is 24.6. The summed E-state index contributed by atoms with van der Waals surface area (Å²) in [5.74, 6) is 0. The first-order valence-corrected chi connectivity index (χ1v) is 33.2. The fraction of sp³-hybridized carbons (Fsp3) is 0.571. The van der Waals surface area contributed by atoms with E-state index in [1.807, 2.05) is 0 Å². The van der Waals surface area contributed by atoms with Crippen LogP contribution in [-0.2, 0) is 68.0 Å². The summed E-state index contributed by atoms with van der Waals surface area (Å²) in [6.07, 6.45) is 10.5. The van der Waals surface area contributed by atoms with Crippen LogP contribution in [0, 0.1) is 0 Å². The van der Waals surface area contributed by atoms with Crippen LogP contribution in [0.15, 0.2) is 146 Å². The summed E-state index contributed by atoms with van der Waals surface area (Å²) < 4.78 is 0. The van der Waals surface area contributed by atoms with E-state index in [1.54, 1.807) is 0 Å². The lowest BCUT2D eigenvalue weighted by Gasteiger charge is -2.31. The van der Waals surface area contributed by atoms with Gasteiger partial charge in [0.2, 0.25) is 0 Å². The van der Waals surface area contributed by atoms with Crippen LogP contribution in [0.4, 0.5) is 0 Å². The summed E-state index contributed by atoms with van der Waals surface area (Å²) in [5, 5.41) is 0. The van der Waals surface area contributed by atoms with Crippen LogP contribution in [0.1, 0.15) is 313 Å². The first kappa shape index (κ1) is 77.3. The van der Waals surface area contributed by atoms with Gasteiger partial charge < -0.3 is 0 Å². The van der Waals surface area contributed by atoms with E-state index in [1.165, 1.54) is 105 Å². The van der Waals surface area contributed by atoms with E-state index in [4.69, 9.17) is 0 Å². The molecule has 0 aliphatic rings. The molecule has 84 heavy (non-hydrogen) atoms. The Morgan fingerprint density at radius 1 is 0.214 bits per heavy atom. The molecule has 0 fully saturated rings. The van der Waals surface area contributed by atoms with Gasteiger partial charge in [-0.1, -0.05) is 353 Å². The Kier molecular flexibility index (Phi) is 30.8. The van der Waals surface area contributed by atoms with E-state index < -0.39 is 0 Å². The molecule has 0 bridgehead atoms. The van der Waals surface area contributed by atoms with Crippen molar-refractivity contribution >= 4 is 0 Å². The average molecular weight is 1140 g/mol. The van der Waals surface area contributed by atoms with Crippen LogP contribution in [-0.4, -0.2) is 0 Å². The number of aryl methyl sites for hydroxylation is 3. The maximum atomic E-state index is 2.36. The Hall–Kier alpha value is -4.68. The molecule has 0 aliphatic carbocycles. The minimum Gasteiger partial charge on any atom is -0.0646 e. The van der Waals surface area contributed by atoms with Crippen molar-refractivity contribution in [2.75, 3.05) is 0 Å². The van der Waals surface area contributed by atoms with Gasteiger partial charge in [-0.2, -0.15) is 0 Å². The second kappa shape index (κ2) is 33.4. The maximum absolute atomic E-state index is 2.36. The highest BCUT2D eigenvalue weighted by Crippen LogP contribution is 2.37. The highest BCUT2D eigenvalue weighted by atomic mass is 14.3. The first-order chi connectivity index (χ1) is 38.6. The summed E-state index contributed by atoms with van der Waals surface area (Å²) in [4.78, 5) is 0. The zero-order valence-electron chi connectivity index (χ0n) is 60.7. The second-order valence-electron chi connectivity index (χ2n) is 31.0.